The highest BCUT2D eigenvalue weighted by atomic mass is 16.7. The molecule has 182 valence electrons. The lowest BCUT2D eigenvalue weighted by atomic mass is 9.49. The van der Waals surface area contributed by atoms with Crippen LogP contribution in [0.15, 0.2) is 40.8 Å². The van der Waals surface area contributed by atoms with Gasteiger partial charge in [-0.05, 0) is 55.8 Å². The van der Waals surface area contributed by atoms with Gasteiger partial charge in [0.15, 0.2) is 24.4 Å². The molecule has 0 unspecified atom stereocenters. The molecule has 1 saturated heterocycles. The molecule has 0 radical (unpaired) electrons. The molecule has 2 bridgehead atoms. The van der Waals surface area contributed by atoms with Crippen LogP contribution in [-0.2, 0) is 27.7 Å². The lowest BCUT2D eigenvalue weighted by Gasteiger charge is -2.64. The fourth-order valence-electron chi connectivity index (χ4n) is 8.01. The van der Waals surface area contributed by atoms with Crippen LogP contribution < -0.4 is 9.47 Å². The Hall–Kier alpha value is -2.54. The van der Waals surface area contributed by atoms with Gasteiger partial charge in [0.25, 0.3) is 0 Å². The Bertz CT molecular complexity index is 1340. The minimum absolute atomic E-state index is 0.190. The second kappa shape index (κ2) is 7.02. The fraction of sp³-hybridized carbons (Fsp3) is 0.517. The van der Waals surface area contributed by atoms with E-state index in [9.17, 15) is 0 Å². The van der Waals surface area contributed by atoms with Gasteiger partial charge in [-0.2, -0.15) is 0 Å². The smallest absolute Gasteiger partial charge is 0.188 e. The predicted octanol–water partition coefficient (Wildman–Crippen LogP) is 4.77. The molecular weight excluding hydrogens is 442 g/mol. The summed E-state index contributed by atoms with van der Waals surface area (Å²) >= 11 is 0. The van der Waals surface area contributed by atoms with E-state index in [-0.39, 0.29) is 23.9 Å². The van der Waals surface area contributed by atoms with Crippen molar-refractivity contribution >= 4 is 11.0 Å². The molecule has 0 N–H and O–H groups in total. The number of benzene rings is 2. The van der Waals surface area contributed by atoms with Crippen molar-refractivity contribution in [1.82, 2.24) is 4.90 Å². The largest absolute Gasteiger partial charge is 0.477 e. The van der Waals surface area contributed by atoms with Crippen molar-refractivity contribution in [3.8, 4) is 11.5 Å². The highest BCUT2D eigenvalue weighted by Gasteiger charge is 2.74. The Labute approximate surface area is 205 Å². The maximum atomic E-state index is 6.95. The number of methoxy groups -OCH3 is 2. The molecule has 1 aromatic heterocycles. The van der Waals surface area contributed by atoms with E-state index in [1.54, 1.807) is 7.11 Å². The molecule has 6 nitrogen and oxygen atoms in total. The summed E-state index contributed by atoms with van der Waals surface area (Å²) in [5.41, 5.74) is 4.14. The van der Waals surface area contributed by atoms with Crippen molar-refractivity contribution in [2.45, 2.75) is 55.3 Å². The van der Waals surface area contributed by atoms with E-state index in [0.717, 1.165) is 54.6 Å². The van der Waals surface area contributed by atoms with Crippen LogP contribution in [0.25, 0.3) is 11.0 Å². The summed E-state index contributed by atoms with van der Waals surface area (Å²) in [4.78, 5) is 2.74. The Balaban J connectivity index is 1.40. The first kappa shape index (κ1) is 20.6. The summed E-state index contributed by atoms with van der Waals surface area (Å²) in [6, 6.07) is 13.0. The van der Waals surface area contributed by atoms with Gasteiger partial charge in [-0.3, -0.25) is 4.90 Å². The molecule has 2 fully saturated rings. The summed E-state index contributed by atoms with van der Waals surface area (Å²) in [5, 5.41) is 1.18. The molecule has 0 amide bonds. The van der Waals surface area contributed by atoms with E-state index in [0.29, 0.717) is 6.04 Å². The van der Waals surface area contributed by atoms with Gasteiger partial charge in [0.1, 0.15) is 16.9 Å². The molecule has 2 aromatic carbocycles. The number of fused-ring (bicyclic) bond motifs is 4. The third kappa shape index (κ3) is 2.45. The molecule has 8 rings (SSSR count). The van der Waals surface area contributed by atoms with Crippen molar-refractivity contribution in [2.75, 3.05) is 34.1 Å². The Kier molecular flexibility index (Phi) is 4.14. The van der Waals surface area contributed by atoms with Crippen molar-refractivity contribution in [2.24, 2.45) is 5.92 Å². The predicted molar refractivity (Wildman–Crippen MR) is 130 cm³/mol. The number of nitrogens with zero attached hydrogens (tertiary/aromatic N) is 1. The fourth-order valence-corrected chi connectivity index (χ4v) is 8.01. The molecule has 1 saturated carbocycles. The summed E-state index contributed by atoms with van der Waals surface area (Å²) in [6.45, 7) is 2.42. The van der Waals surface area contributed by atoms with Gasteiger partial charge in [-0.1, -0.05) is 24.3 Å². The summed E-state index contributed by atoms with van der Waals surface area (Å²) < 4.78 is 31.6. The van der Waals surface area contributed by atoms with Crippen molar-refractivity contribution < 1.29 is 23.4 Å². The van der Waals surface area contributed by atoms with E-state index in [4.69, 9.17) is 23.4 Å². The lowest BCUT2D eigenvalue weighted by molar-refractivity contribution is -0.193. The SMILES string of the molecule is COCOc1ccc2c3c1O[C@H]1c4oc5ccccc5c4C[C@@]4(OC)[C@H](C2)N(CC2CC2)CC[C@]314. The molecule has 35 heavy (non-hydrogen) atoms. The van der Waals surface area contributed by atoms with Gasteiger partial charge >= 0.3 is 0 Å². The minimum Gasteiger partial charge on any atom is -0.477 e. The van der Waals surface area contributed by atoms with Gasteiger partial charge in [0.05, 0.1) is 5.41 Å². The number of para-hydroxylation sites is 1. The third-order valence-electron chi connectivity index (χ3n) is 9.57. The van der Waals surface area contributed by atoms with Crippen molar-refractivity contribution in [3.05, 3.63) is 58.8 Å². The number of hydrogen-bond donors (Lipinski definition) is 0. The zero-order valence-corrected chi connectivity index (χ0v) is 20.3. The molecule has 3 aromatic rings. The zero-order valence-electron chi connectivity index (χ0n) is 20.3. The first-order valence-corrected chi connectivity index (χ1v) is 12.9. The van der Waals surface area contributed by atoms with E-state index in [2.05, 4.69) is 35.2 Å². The van der Waals surface area contributed by atoms with Crippen LogP contribution in [0.3, 0.4) is 0 Å². The van der Waals surface area contributed by atoms with Crippen LogP contribution in [-0.4, -0.2) is 50.6 Å². The van der Waals surface area contributed by atoms with Crippen LogP contribution in [0.1, 0.15) is 47.8 Å². The van der Waals surface area contributed by atoms with Crippen LogP contribution in [0.5, 0.6) is 11.5 Å². The topological polar surface area (TPSA) is 53.3 Å². The van der Waals surface area contributed by atoms with Gasteiger partial charge in [0.2, 0.25) is 0 Å². The Morgan fingerprint density at radius 2 is 2.00 bits per heavy atom. The minimum atomic E-state index is -0.386. The van der Waals surface area contributed by atoms with Crippen molar-refractivity contribution in [3.63, 3.8) is 0 Å². The van der Waals surface area contributed by atoms with Gasteiger partial charge in [-0.15, -0.1) is 0 Å². The lowest BCUT2D eigenvalue weighted by Crippen LogP contribution is -2.75. The normalized spacial score (nSPS) is 32.3. The third-order valence-corrected chi connectivity index (χ3v) is 9.57. The number of hydrogen-bond acceptors (Lipinski definition) is 6. The average molecular weight is 474 g/mol. The zero-order chi connectivity index (χ0) is 23.4. The van der Waals surface area contributed by atoms with Crippen LogP contribution in [0, 0.1) is 5.92 Å². The van der Waals surface area contributed by atoms with Crippen molar-refractivity contribution in [1.29, 1.82) is 0 Å². The first-order chi connectivity index (χ1) is 17.2. The van der Waals surface area contributed by atoms with Crippen LogP contribution in [0.2, 0.25) is 0 Å². The van der Waals surface area contributed by atoms with E-state index >= 15 is 0 Å². The van der Waals surface area contributed by atoms with E-state index in [1.807, 2.05) is 13.2 Å². The maximum Gasteiger partial charge on any atom is 0.188 e. The van der Waals surface area contributed by atoms with E-state index < -0.39 is 0 Å². The Morgan fingerprint density at radius 3 is 2.83 bits per heavy atom. The molecule has 3 aliphatic carbocycles. The average Bonchev–Trinajstić information content (AvgIpc) is 3.52. The maximum absolute atomic E-state index is 6.95. The molecular formula is C29H31NO5. The van der Waals surface area contributed by atoms with Gasteiger partial charge in [0, 0.05) is 49.7 Å². The standard InChI is InChI=1S/C29H31NO5/c1-31-16-33-22-10-9-18-13-23-29(32-2)14-20-19-5-3-4-6-21(19)34-25(20)27-28(29,24(18)26(22)35-27)11-12-30(23)15-17-7-8-17/h3-6,9-10,17,23,27H,7-8,11-16H2,1-2H3/t23-,27-,28-,29+/m0/s1. The monoisotopic (exact) mass is 473 g/mol. The molecule has 4 atom stereocenters. The highest BCUT2D eigenvalue weighted by molar-refractivity contribution is 5.84. The number of piperidine rings is 1. The van der Waals surface area contributed by atoms with Crippen LogP contribution in [0.4, 0.5) is 0 Å². The number of ether oxygens (including phenoxy) is 4. The first-order valence-electron chi connectivity index (χ1n) is 12.9. The molecule has 3 heterocycles. The highest BCUT2D eigenvalue weighted by Crippen LogP contribution is 2.70. The second-order valence-corrected chi connectivity index (χ2v) is 11.1. The number of furan rings is 1. The quantitative estimate of drug-likeness (QED) is 0.481. The van der Waals surface area contributed by atoms with Gasteiger partial charge in [-0.25, -0.2) is 0 Å². The van der Waals surface area contributed by atoms with E-state index in [1.165, 1.54) is 41.5 Å². The Morgan fingerprint density at radius 1 is 1.11 bits per heavy atom. The van der Waals surface area contributed by atoms with Crippen LogP contribution >= 0.6 is 0 Å². The molecule has 6 heteroatoms. The summed E-state index contributed by atoms with van der Waals surface area (Å²) in [5.74, 6) is 3.41. The molecule has 2 aliphatic heterocycles. The second-order valence-electron chi connectivity index (χ2n) is 11.1. The number of rotatable bonds is 6. The summed E-state index contributed by atoms with van der Waals surface area (Å²) in [7, 11) is 3.57. The summed E-state index contributed by atoms with van der Waals surface area (Å²) in [6.07, 6.45) is 5.28. The molecule has 1 spiro atoms. The van der Waals surface area contributed by atoms with Gasteiger partial charge < -0.3 is 23.4 Å². The number of likely N-dealkylation sites (tertiary alicyclic amines) is 1. The molecule has 5 aliphatic rings.